The molecule has 0 aliphatic rings. The highest BCUT2D eigenvalue weighted by molar-refractivity contribution is 8.00. The van der Waals surface area contributed by atoms with Gasteiger partial charge in [-0.25, -0.2) is 0 Å². The molecule has 0 atom stereocenters. The monoisotopic (exact) mass is 270 g/mol. The Morgan fingerprint density at radius 3 is 2.29 bits per heavy atom. The van der Waals surface area contributed by atoms with Crippen LogP contribution in [0.25, 0.3) is 0 Å². The first-order valence-electron chi connectivity index (χ1n) is 3.96. The summed E-state index contributed by atoms with van der Waals surface area (Å²) in [4.78, 5) is 0.787. The summed E-state index contributed by atoms with van der Waals surface area (Å²) in [6.45, 7) is 4.07. The number of rotatable bonds is 2. The van der Waals surface area contributed by atoms with Crippen molar-refractivity contribution < 1.29 is 5.11 Å². The Morgan fingerprint density at radius 2 is 1.79 bits per heavy atom. The van der Waals surface area contributed by atoms with E-state index in [2.05, 4.69) is 0 Å². The van der Waals surface area contributed by atoms with Crippen LogP contribution in [0.15, 0.2) is 11.0 Å². The molecule has 0 aromatic heterocycles. The summed E-state index contributed by atoms with van der Waals surface area (Å²) in [5.74, 6) is -0.161. The Balaban J connectivity index is 3.19. The molecule has 0 unspecified atom stereocenters. The molecule has 0 saturated heterocycles. The van der Waals surface area contributed by atoms with Crippen molar-refractivity contribution >= 4 is 46.6 Å². The molecule has 1 aromatic carbocycles. The maximum Gasteiger partial charge on any atom is 0.154 e. The number of halogens is 3. The van der Waals surface area contributed by atoms with E-state index in [1.807, 2.05) is 13.8 Å². The van der Waals surface area contributed by atoms with Gasteiger partial charge in [0.15, 0.2) is 5.75 Å². The van der Waals surface area contributed by atoms with Gasteiger partial charge in [0.1, 0.15) is 5.02 Å². The molecule has 1 N–H and O–H groups in total. The number of aromatic hydroxyl groups is 1. The van der Waals surface area contributed by atoms with Crippen LogP contribution in [-0.4, -0.2) is 10.4 Å². The lowest BCUT2D eigenvalue weighted by molar-refractivity contribution is 0.475. The van der Waals surface area contributed by atoms with Gasteiger partial charge >= 0.3 is 0 Å². The fourth-order valence-corrected chi connectivity index (χ4v) is 2.66. The van der Waals surface area contributed by atoms with E-state index in [0.717, 1.165) is 4.90 Å². The lowest BCUT2D eigenvalue weighted by Gasteiger charge is -2.10. The lowest BCUT2D eigenvalue weighted by Crippen LogP contribution is -1.87. The van der Waals surface area contributed by atoms with Crippen molar-refractivity contribution in [3.05, 3.63) is 21.1 Å². The normalized spacial score (nSPS) is 11.0. The molecule has 0 bridgehead atoms. The van der Waals surface area contributed by atoms with Crippen LogP contribution in [0.5, 0.6) is 5.75 Å². The minimum atomic E-state index is -0.161. The second-order valence-electron chi connectivity index (χ2n) is 3.00. The summed E-state index contributed by atoms with van der Waals surface area (Å²) in [6, 6.07) is 1.62. The highest BCUT2D eigenvalue weighted by Crippen LogP contribution is 2.43. The van der Waals surface area contributed by atoms with E-state index in [-0.39, 0.29) is 15.8 Å². The van der Waals surface area contributed by atoms with Gasteiger partial charge in [-0.05, 0) is 6.07 Å². The zero-order chi connectivity index (χ0) is 10.9. The Labute approximate surface area is 102 Å². The second-order valence-corrected chi connectivity index (χ2v) is 5.78. The highest BCUT2D eigenvalue weighted by atomic mass is 35.5. The molecule has 78 valence electrons. The van der Waals surface area contributed by atoms with Crippen LogP contribution in [0.3, 0.4) is 0 Å². The quantitative estimate of drug-likeness (QED) is 0.613. The third-order valence-electron chi connectivity index (χ3n) is 1.46. The SMILES string of the molecule is CC(C)Sc1cc(Cl)c(O)c(Cl)c1Cl. The van der Waals surface area contributed by atoms with Crippen LogP contribution in [0.1, 0.15) is 13.8 Å². The van der Waals surface area contributed by atoms with Crippen molar-refractivity contribution in [1.82, 2.24) is 0 Å². The van der Waals surface area contributed by atoms with E-state index < -0.39 is 0 Å². The molecule has 0 heterocycles. The fourth-order valence-electron chi connectivity index (χ4n) is 0.903. The number of hydrogen-bond donors (Lipinski definition) is 1. The minimum absolute atomic E-state index is 0.113. The summed E-state index contributed by atoms with van der Waals surface area (Å²) in [7, 11) is 0. The Bertz CT molecular complexity index is 352. The van der Waals surface area contributed by atoms with Crippen molar-refractivity contribution in [3.8, 4) is 5.75 Å². The van der Waals surface area contributed by atoms with E-state index in [1.165, 1.54) is 0 Å². The third-order valence-corrected chi connectivity index (χ3v) is 3.77. The topological polar surface area (TPSA) is 20.2 Å². The molecule has 1 rings (SSSR count). The third kappa shape index (κ3) is 2.63. The van der Waals surface area contributed by atoms with Crippen LogP contribution in [0, 0.1) is 0 Å². The first-order valence-corrected chi connectivity index (χ1v) is 5.98. The second kappa shape index (κ2) is 4.84. The fraction of sp³-hybridized carbons (Fsp3) is 0.333. The van der Waals surface area contributed by atoms with Gasteiger partial charge in [0.05, 0.1) is 10.0 Å². The van der Waals surface area contributed by atoms with E-state index in [1.54, 1.807) is 17.8 Å². The number of phenols is 1. The van der Waals surface area contributed by atoms with Gasteiger partial charge in [0, 0.05) is 10.1 Å². The summed E-state index contributed by atoms with van der Waals surface area (Å²) < 4.78 is 0. The van der Waals surface area contributed by atoms with E-state index >= 15 is 0 Å². The minimum Gasteiger partial charge on any atom is -0.505 e. The summed E-state index contributed by atoms with van der Waals surface area (Å²) in [5.41, 5.74) is 0. The standard InChI is InChI=1S/C9H9Cl3OS/c1-4(2)14-6-3-5(10)9(13)8(12)7(6)11/h3-4,13H,1-2H3. The largest absolute Gasteiger partial charge is 0.505 e. The van der Waals surface area contributed by atoms with E-state index in [9.17, 15) is 5.11 Å². The summed E-state index contributed by atoms with van der Waals surface area (Å²) >= 11 is 19.1. The van der Waals surface area contributed by atoms with Crippen LogP contribution in [-0.2, 0) is 0 Å². The van der Waals surface area contributed by atoms with Gasteiger partial charge in [-0.15, -0.1) is 11.8 Å². The molecule has 1 aromatic rings. The van der Waals surface area contributed by atoms with E-state index in [4.69, 9.17) is 34.8 Å². The average Bonchev–Trinajstić information content (AvgIpc) is 2.10. The summed E-state index contributed by atoms with van der Waals surface area (Å²) in [6.07, 6.45) is 0. The van der Waals surface area contributed by atoms with Crippen LogP contribution >= 0.6 is 46.6 Å². The summed E-state index contributed by atoms with van der Waals surface area (Å²) in [5, 5.41) is 10.5. The molecular weight excluding hydrogens is 263 g/mol. The van der Waals surface area contributed by atoms with Gasteiger partial charge in [-0.3, -0.25) is 0 Å². The van der Waals surface area contributed by atoms with Crippen molar-refractivity contribution in [1.29, 1.82) is 0 Å². The van der Waals surface area contributed by atoms with Crippen LogP contribution in [0.4, 0.5) is 0 Å². The Kier molecular flexibility index (Phi) is 4.26. The number of hydrogen-bond acceptors (Lipinski definition) is 2. The van der Waals surface area contributed by atoms with Crippen molar-refractivity contribution in [2.45, 2.75) is 24.0 Å². The zero-order valence-electron chi connectivity index (χ0n) is 7.64. The van der Waals surface area contributed by atoms with E-state index in [0.29, 0.717) is 10.3 Å². The number of phenolic OH excluding ortho intramolecular Hbond substituents is 1. The Hall–Kier alpha value is 0.240. The number of thioether (sulfide) groups is 1. The first-order chi connectivity index (χ1) is 6.43. The molecule has 0 aliphatic carbocycles. The molecule has 14 heavy (non-hydrogen) atoms. The highest BCUT2D eigenvalue weighted by Gasteiger charge is 2.14. The lowest BCUT2D eigenvalue weighted by atomic mass is 10.3. The molecule has 0 aliphatic heterocycles. The molecule has 0 saturated carbocycles. The van der Waals surface area contributed by atoms with Gasteiger partial charge in [-0.1, -0.05) is 48.7 Å². The maximum absolute atomic E-state index is 9.39. The molecule has 5 heteroatoms. The van der Waals surface area contributed by atoms with Crippen molar-refractivity contribution in [3.63, 3.8) is 0 Å². The molecule has 0 fully saturated rings. The number of benzene rings is 1. The first kappa shape index (κ1) is 12.3. The van der Waals surface area contributed by atoms with Gasteiger partial charge < -0.3 is 5.11 Å². The van der Waals surface area contributed by atoms with Gasteiger partial charge in [0.25, 0.3) is 0 Å². The zero-order valence-corrected chi connectivity index (χ0v) is 10.7. The van der Waals surface area contributed by atoms with Crippen molar-refractivity contribution in [2.75, 3.05) is 0 Å². The predicted molar refractivity (Wildman–Crippen MR) is 64.1 cm³/mol. The molecular formula is C9H9Cl3OS. The van der Waals surface area contributed by atoms with Gasteiger partial charge in [-0.2, -0.15) is 0 Å². The Morgan fingerprint density at radius 1 is 1.21 bits per heavy atom. The van der Waals surface area contributed by atoms with Crippen LogP contribution in [0.2, 0.25) is 15.1 Å². The molecule has 0 radical (unpaired) electrons. The van der Waals surface area contributed by atoms with Crippen LogP contribution < -0.4 is 0 Å². The predicted octanol–water partition coefficient (Wildman–Crippen LogP) is 4.85. The average molecular weight is 272 g/mol. The molecule has 0 amide bonds. The smallest absolute Gasteiger partial charge is 0.154 e. The van der Waals surface area contributed by atoms with Gasteiger partial charge in [0.2, 0.25) is 0 Å². The maximum atomic E-state index is 9.39. The molecule has 1 nitrogen and oxygen atoms in total. The van der Waals surface area contributed by atoms with Crippen molar-refractivity contribution in [2.24, 2.45) is 0 Å². The molecule has 0 spiro atoms.